The fraction of sp³-hybridized carbons (Fsp3) is 0.286. The van der Waals surface area contributed by atoms with Crippen molar-refractivity contribution in [1.82, 2.24) is 14.0 Å². The van der Waals surface area contributed by atoms with E-state index in [1.54, 1.807) is 28.8 Å². The number of hydrogen-bond acceptors (Lipinski definition) is 4. The van der Waals surface area contributed by atoms with Crippen LogP contribution in [0.5, 0.6) is 0 Å². The number of Topliss-reactive ketones (excluding diaryl/α,β-unsaturated/α-hetero) is 1. The van der Waals surface area contributed by atoms with Crippen molar-refractivity contribution >= 4 is 22.5 Å². The van der Waals surface area contributed by atoms with Crippen LogP contribution < -0.4 is 11.4 Å². The van der Waals surface area contributed by atoms with Gasteiger partial charge in [-0.25, -0.2) is 9.18 Å². The number of nitrogens with two attached hydrogens (primary N) is 1. The molecule has 0 bridgehead atoms. The topological polar surface area (TPSA) is 73.3 Å². The molecule has 6 nitrogen and oxygen atoms in total. The lowest BCUT2D eigenvalue weighted by Crippen LogP contribution is -2.39. The number of piperidine rings is 1. The quantitative estimate of drug-likeness (QED) is 0.333. The average Bonchev–Trinajstić information content (AvgIpc) is 3.16. The molecule has 1 saturated heterocycles. The largest absolute Gasteiger partial charge is 0.399 e. The first kappa shape index (κ1) is 23.1. The molecule has 1 aliphatic rings. The molecule has 5 rings (SSSR count). The Hall–Kier alpha value is -3.71. The SMILES string of the molecule is Cc1cccc2c1n(CCN1CCC(C(=O)c3ccc(F)cc3)CC1)c(=O)n2-c1ccc(N)cc1. The van der Waals surface area contributed by atoms with Gasteiger partial charge in [0.1, 0.15) is 5.82 Å². The van der Waals surface area contributed by atoms with Gasteiger partial charge in [-0.3, -0.25) is 13.9 Å². The van der Waals surface area contributed by atoms with E-state index in [1.807, 2.05) is 41.8 Å². The Bertz CT molecular complexity index is 1410. The summed E-state index contributed by atoms with van der Waals surface area (Å²) in [4.78, 5) is 28.6. The number of halogens is 1. The molecule has 7 heteroatoms. The molecule has 1 aromatic heterocycles. The number of anilines is 1. The number of aromatic nitrogens is 2. The minimum absolute atomic E-state index is 0.0471. The normalized spacial score (nSPS) is 15.0. The van der Waals surface area contributed by atoms with Gasteiger partial charge in [0.25, 0.3) is 0 Å². The van der Waals surface area contributed by atoms with Crippen LogP contribution in [-0.2, 0) is 6.54 Å². The minimum atomic E-state index is -0.334. The highest BCUT2D eigenvalue weighted by molar-refractivity contribution is 5.97. The molecule has 0 spiro atoms. The molecule has 0 radical (unpaired) electrons. The number of fused-ring (bicyclic) bond motifs is 1. The first-order valence-corrected chi connectivity index (χ1v) is 12.0. The summed E-state index contributed by atoms with van der Waals surface area (Å²) in [6.07, 6.45) is 1.52. The van der Waals surface area contributed by atoms with Crippen molar-refractivity contribution in [3.8, 4) is 5.69 Å². The molecule has 3 aromatic carbocycles. The van der Waals surface area contributed by atoms with Crippen LogP contribution in [0.3, 0.4) is 0 Å². The summed E-state index contributed by atoms with van der Waals surface area (Å²) < 4.78 is 16.8. The van der Waals surface area contributed by atoms with E-state index in [4.69, 9.17) is 5.73 Å². The summed E-state index contributed by atoms with van der Waals surface area (Å²) in [6, 6.07) is 19.1. The van der Waals surface area contributed by atoms with Crippen LogP contribution in [0.1, 0.15) is 28.8 Å². The van der Waals surface area contributed by atoms with Gasteiger partial charge in [-0.2, -0.15) is 0 Å². The summed E-state index contributed by atoms with van der Waals surface area (Å²) in [5.74, 6) is -0.295. The molecular formula is C28H29FN4O2. The van der Waals surface area contributed by atoms with Crippen molar-refractivity contribution in [2.45, 2.75) is 26.3 Å². The fourth-order valence-electron chi connectivity index (χ4n) is 5.08. The second kappa shape index (κ2) is 9.50. The van der Waals surface area contributed by atoms with Crippen LogP contribution in [0, 0.1) is 18.7 Å². The zero-order valence-corrected chi connectivity index (χ0v) is 19.8. The number of imidazole rings is 1. The molecular weight excluding hydrogens is 443 g/mol. The third kappa shape index (κ3) is 4.51. The predicted molar refractivity (Wildman–Crippen MR) is 137 cm³/mol. The molecule has 0 atom stereocenters. The first-order valence-electron chi connectivity index (χ1n) is 12.0. The van der Waals surface area contributed by atoms with E-state index in [0.29, 0.717) is 17.8 Å². The first-order chi connectivity index (χ1) is 16.9. The molecule has 35 heavy (non-hydrogen) atoms. The smallest absolute Gasteiger partial charge is 0.333 e. The lowest BCUT2D eigenvalue weighted by molar-refractivity contribution is 0.0837. The monoisotopic (exact) mass is 472 g/mol. The van der Waals surface area contributed by atoms with Crippen LogP contribution in [0.25, 0.3) is 16.7 Å². The molecule has 2 heterocycles. The van der Waals surface area contributed by atoms with Crippen molar-refractivity contribution in [2.24, 2.45) is 5.92 Å². The van der Waals surface area contributed by atoms with E-state index < -0.39 is 0 Å². The Kier molecular flexibility index (Phi) is 6.26. The van der Waals surface area contributed by atoms with Crippen molar-refractivity contribution in [3.63, 3.8) is 0 Å². The summed E-state index contributed by atoms with van der Waals surface area (Å²) in [7, 11) is 0. The number of carbonyl (C=O) groups is 1. The number of nitrogens with zero attached hydrogens (tertiary/aromatic N) is 3. The van der Waals surface area contributed by atoms with Gasteiger partial charge >= 0.3 is 5.69 Å². The molecule has 1 aliphatic heterocycles. The number of likely N-dealkylation sites (tertiary alicyclic amines) is 1. The Labute approximate surface area is 203 Å². The molecule has 180 valence electrons. The maximum absolute atomic E-state index is 13.5. The Morgan fingerprint density at radius 3 is 2.34 bits per heavy atom. The summed E-state index contributed by atoms with van der Waals surface area (Å²) in [5.41, 5.74) is 10.7. The van der Waals surface area contributed by atoms with Crippen LogP contribution in [0.2, 0.25) is 0 Å². The molecule has 0 aliphatic carbocycles. The second-order valence-electron chi connectivity index (χ2n) is 9.29. The highest BCUT2D eigenvalue weighted by Gasteiger charge is 2.26. The Morgan fingerprint density at radius 2 is 1.66 bits per heavy atom. The number of nitrogen functional groups attached to an aromatic ring is 1. The molecule has 0 amide bonds. The van der Waals surface area contributed by atoms with Gasteiger partial charge < -0.3 is 10.6 Å². The van der Waals surface area contributed by atoms with E-state index in [2.05, 4.69) is 4.90 Å². The summed E-state index contributed by atoms with van der Waals surface area (Å²) >= 11 is 0. The zero-order chi connectivity index (χ0) is 24.5. The predicted octanol–water partition coefficient (Wildman–Crippen LogP) is 4.42. The van der Waals surface area contributed by atoms with E-state index >= 15 is 0 Å². The number of para-hydroxylation sites is 1. The van der Waals surface area contributed by atoms with Gasteiger partial charge in [0.05, 0.1) is 16.7 Å². The van der Waals surface area contributed by atoms with Gasteiger partial charge in [0.2, 0.25) is 0 Å². The van der Waals surface area contributed by atoms with Crippen molar-refractivity contribution in [1.29, 1.82) is 0 Å². The van der Waals surface area contributed by atoms with Gasteiger partial charge in [0.15, 0.2) is 5.78 Å². The van der Waals surface area contributed by atoms with Crippen LogP contribution in [-0.4, -0.2) is 39.5 Å². The van der Waals surface area contributed by atoms with Gasteiger partial charge in [-0.1, -0.05) is 12.1 Å². The highest BCUT2D eigenvalue weighted by Crippen LogP contribution is 2.24. The number of carbonyl (C=O) groups excluding carboxylic acids is 1. The van der Waals surface area contributed by atoms with Crippen molar-refractivity contribution in [2.75, 3.05) is 25.4 Å². The number of benzene rings is 3. The third-order valence-electron chi connectivity index (χ3n) is 7.03. The van der Waals surface area contributed by atoms with E-state index in [-0.39, 0.29) is 23.2 Å². The number of aryl methyl sites for hydroxylation is 1. The van der Waals surface area contributed by atoms with Crippen molar-refractivity contribution < 1.29 is 9.18 Å². The van der Waals surface area contributed by atoms with Crippen LogP contribution in [0.4, 0.5) is 10.1 Å². The maximum atomic E-state index is 13.5. The van der Waals surface area contributed by atoms with E-state index in [1.165, 1.54) is 12.1 Å². The standard InChI is InChI=1S/C28H29FN4O2/c1-19-3-2-4-25-26(19)32(28(35)33(25)24-11-9-23(30)10-12-24)18-17-31-15-13-21(14-16-31)27(34)20-5-7-22(29)8-6-20/h2-12,21H,13-18,30H2,1H3. The lowest BCUT2D eigenvalue weighted by atomic mass is 9.89. The second-order valence-corrected chi connectivity index (χ2v) is 9.29. The molecule has 0 saturated carbocycles. The molecule has 0 unspecified atom stereocenters. The third-order valence-corrected chi connectivity index (χ3v) is 7.03. The summed E-state index contributed by atoms with van der Waals surface area (Å²) in [5, 5.41) is 0. The molecule has 4 aromatic rings. The lowest BCUT2D eigenvalue weighted by Gasteiger charge is -2.31. The Balaban J connectivity index is 1.32. The van der Waals surface area contributed by atoms with Gasteiger partial charge in [0, 0.05) is 30.3 Å². The number of rotatable bonds is 6. The molecule has 1 fully saturated rings. The van der Waals surface area contributed by atoms with Crippen LogP contribution in [0.15, 0.2) is 71.5 Å². The zero-order valence-electron chi connectivity index (χ0n) is 19.8. The minimum Gasteiger partial charge on any atom is -0.399 e. The molecule has 2 N–H and O–H groups in total. The fourth-order valence-corrected chi connectivity index (χ4v) is 5.08. The average molecular weight is 473 g/mol. The number of ketones is 1. The van der Waals surface area contributed by atoms with Crippen LogP contribution >= 0.6 is 0 Å². The van der Waals surface area contributed by atoms with Gasteiger partial charge in [-0.05, 0) is 93.0 Å². The Morgan fingerprint density at radius 1 is 0.971 bits per heavy atom. The highest BCUT2D eigenvalue weighted by atomic mass is 19.1. The van der Waals surface area contributed by atoms with Gasteiger partial charge in [-0.15, -0.1) is 0 Å². The number of hydrogen-bond donors (Lipinski definition) is 1. The maximum Gasteiger partial charge on any atom is 0.333 e. The van der Waals surface area contributed by atoms with E-state index in [0.717, 1.165) is 54.8 Å². The van der Waals surface area contributed by atoms with E-state index in [9.17, 15) is 14.0 Å². The summed E-state index contributed by atoms with van der Waals surface area (Å²) in [6.45, 7) is 4.91. The van der Waals surface area contributed by atoms with Crippen molar-refractivity contribution in [3.05, 3.63) is 94.2 Å².